The molecule has 112 valence electrons. The average Bonchev–Trinajstić information content (AvgIpc) is 2.28. The van der Waals surface area contributed by atoms with Gasteiger partial charge in [0.2, 0.25) is 15.9 Å². The van der Waals surface area contributed by atoms with E-state index < -0.39 is 10.0 Å². The summed E-state index contributed by atoms with van der Waals surface area (Å²) in [4.78, 5) is 11.6. The lowest BCUT2D eigenvalue weighted by molar-refractivity contribution is -0.115. The zero-order valence-corrected chi connectivity index (χ0v) is 13.1. The second-order valence-corrected chi connectivity index (χ2v) is 6.81. The first-order chi connectivity index (χ1) is 9.17. The zero-order chi connectivity index (χ0) is 15.3. The van der Waals surface area contributed by atoms with Gasteiger partial charge in [-0.05, 0) is 18.2 Å². The van der Waals surface area contributed by atoms with E-state index >= 15 is 0 Å². The SMILES string of the molecule is CC(C)NCC(=O)Nc1ccc(NS(C)(=O)=O)c(Cl)c1. The van der Waals surface area contributed by atoms with Crippen LogP contribution in [0.1, 0.15) is 13.8 Å². The Morgan fingerprint density at radius 1 is 1.35 bits per heavy atom. The smallest absolute Gasteiger partial charge is 0.238 e. The zero-order valence-electron chi connectivity index (χ0n) is 11.5. The lowest BCUT2D eigenvalue weighted by Crippen LogP contribution is -2.32. The van der Waals surface area contributed by atoms with Gasteiger partial charge in [0.15, 0.2) is 0 Å². The van der Waals surface area contributed by atoms with Gasteiger partial charge >= 0.3 is 0 Å². The van der Waals surface area contributed by atoms with Crippen LogP contribution < -0.4 is 15.4 Å². The van der Waals surface area contributed by atoms with Crippen LogP contribution >= 0.6 is 11.6 Å². The molecule has 20 heavy (non-hydrogen) atoms. The summed E-state index contributed by atoms with van der Waals surface area (Å²) in [7, 11) is -3.39. The Balaban J connectivity index is 2.70. The highest BCUT2D eigenvalue weighted by Gasteiger charge is 2.08. The number of benzene rings is 1. The van der Waals surface area contributed by atoms with Crippen molar-refractivity contribution < 1.29 is 13.2 Å². The Labute approximate surface area is 123 Å². The van der Waals surface area contributed by atoms with Crippen molar-refractivity contribution in [3.63, 3.8) is 0 Å². The van der Waals surface area contributed by atoms with Crippen molar-refractivity contribution in [1.82, 2.24) is 5.32 Å². The topological polar surface area (TPSA) is 87.3 Å². The van der Waals surface area contributed by atoms with Gasteiger partial charge in [-0.25, -0.2) is 8.42 Å². The van der Waals surface area contributed by atoms with E-state index in [1.807, 2.05) is 13.8 Å². The van der Waals surface area contributed by atoms with Gasteiger partial charge in [0.05, 0.1) is 23.5 Å². The van der Waals surface area contributed by atoms with E-state index in [-0.39, 0.29) is 29.2 Å². The highest BCUT2D eigenvalue weighted by Crippen LogP contribution is 2.26. The molecule has 0 saturated carbocycles. The molecule has 1 amide bonds. The quantitative estimate of drug-likeness (QED) is 0.744. The number of amides is 1. The molecule has 0 fully saturated rings. The number of carbonyl (C=O) groups excluding carboxylic acids is 1. The number of anilines is 2. The minimum Gasteiger partial charge on any atom is -0.325 e. The Bertz CT molecular complexity index is 588. The van der Waals surface area contributed by atoms with Crippen molar-refractivity contribution in [3.05, 3.63) is 23.2 Å². The molecule has 0 aliphatic heterocycles. The first-order valence-corrected chi connectivity index (χ1v) is 8.25. The van der Waals surface area contributed by atoms with E-state index in [0.29, 0.717) is 5.69 Å². The lowest BCUT2D eigenvalue weighted by Gasteiger charge is -2.11. The molecular weight excluding hydrogens is 302 g/mol. The summed E-state index contributed by atoms with van der Waals surface area (Å²) in [5.74, 6) is -0.196. The van der Waals surface area contributed by atoms with E-state index in [1.165, 1.54) is 12.1 Å². The fourth-order valence-electron chi connectivity index (χ4n) is 1.38. The van der Waals surface area contributed by atoms with Crippen LogP contribution in [0.25, 0.3) is 0 Å². The van der Waals surface area contributed by atoms with Gasteiger partial charge in [0, 0.05) is 11.7 Å². The van der Waals surface area contributed by atoms with Crippen molar-refractivity contribution >= 4 is 38.9 Å². The van der Waals surface area contributed by atoms with Crippen molar-refractivity contribution in [2.45, 2.75) is 19.9 Å². The van der Waals surface area contributed by atoms with Gasteiger partial charge in [-0.2, -0.15) is 0 Å². The summed E-state index contributed by atoms with van der Waals surface area (Å²) >= 11 is 5.95. The number of nitrogens with one attached hydrogen (secondary N) is 3. The molecule has 0 radical (unpaired) electrons. The Morgan fingerprint density at radius 2 is 2.00 bits per heavy atom. The maximum Gasteiger partial charge on any atom is 0.238 e. The number of hydrogen-bond acceptors (Lipinski definition) is 4. The van der Waals surface area contributed by atoms with Gasteiger partial charge in [-0.3, -0.25) is 9.52 Å². The average molecular weight is 320 g/mol. The first kappa shape index (κ1) is 16.7. The summed E-state index contributed by atoms with van der Waals surface area (Å²) in [6.07, 6.45) is 1.04. The van der Waals surface area contributed by atoms with Gasteiger partial charge in [-0.1, -0.05) is 25.4 Å². The third-order valence-electron chi connectivity index (χ3n) is 2.22. The fourth-order valence-corrected chi connectivity index (χ4v) is 2.24. The summed E-state index contributed by atoms with van der Waals surface area (Å²) in [6.45, 7) is 4.07. The predicted octanol–water partition coefficient (Wildman–Crippen LogP) is 1.65. The molecule has 1 aromatic carbocycles. The highest BCUT2D eigenvalue weighted by molar-refractivity contribution is 7.92. The molecule has 0 aromatic heterocycles. The molecule has 6 nitrogen and oxygen atoms in total. The van der Waals surface area contributed by atoms with Crippen molar-refractivity contribution in [2.24, 2.45) is 0 Å². The molecule has 0 aliphatic rings. The molecule has 1 rings (SSSR count). The molecule has 0 aliphatic carbocycles. The lowest BCUT2D eigenvalue weighted by atomic mass is 10.3. The van der Waals surface area contributed by atoms with Gasteiger partial charge < -0.3 is 10.6 Å². The molecule has 0 heterocycles. The normalized spacial score (nSPS) is 11.4. The standard InChI is InChI=1S/C12H18ClN3O3S/c1-8(2)14-7-12(17)15-9-4-5-11(10(13)6-9)16-20(3,18)19/h4-6,8,14,16H,7H2,1-3H3,(H,15,17). The van der Waals surface area contributed by atoms with Crippen LogP contribution in [0.2, 0.25) is 5.02 Å². The number of rotatable bonds is 6. The molecule has 1 aromatic rings. The fraction of sp³-hybridized carbons (Fsp3) is 0.417. The second-order valence-electron chi connectivity index (χ2n) is 4.65. The van der Waals surface area contributed by atoms with Crippen LogP contribution in [0.4, 0.5) is 11.4 Å². The van der Waals surface area contributed by atoms with Crippen molar-refractivity contribution in [1.29, 1.82) is 0 Å². The molecule has 0 bridgehead atoms. The Hall–Kier alpha value is -1.31. The summed E-state index contributed by atoms with van der Waals surface area (Å²) in [5, 5.41) is 5.86. The van der Waals surface area contributed by atoms with Crippen LogP contribution in [0.5, 0.6) is 0 Å². The van der Waals surface area contributed by atoms with Gasteiger partial charge in [0.25, 0.3) is 0 Å². The van der Waals surface area contributed by atoms with Crippen LogP contribution in [0.15, 0.2) is 18.2 Å². The summed E-state index contributed by atoms with van der Waals surface area (Å²) < 4.78 is 24.5. The van der Waals surface area contributed by atoms with E-state index in [0.717, 1.165) is 6.26 Å². The molecule has 0 unspecified atom stereocenters. The van der Waals surface area contributed by atoms with Crippen LogP contribution in [-0.2, 0) is 14.8 Å². The minimum atomic E-state index is -3.39. The highest BCUT2D eigenvalue weighted by atomic mass is 35.5. The third-order valence-corrected chi connectivity index (χ3v) is 3.12. The Morgan fingerprint density at radius 3 is 2.50 bits per heavy atom. The Kier molecular flexibility index (Phi) is 5.79. The number of carbonyl (C=O) groups is 1. The molecular formula is C12H18ClN3O3S. The van der Waals surface area contributed by atoms with Gasteiger partial charge in [0.1, 0.15) is 0 Å². The number of hydrogen-bond donors (Lipinski definition) is 3. The maximum absolute atomic E-state index is 11.6. The molecule has 3 N–H and O–H groups in total. The predicted molar refractivity (Wildman–Crippen MR) is 81.7 cm³/mol. The van der Waals surface area contributed by atoms with E-state index in [4.69, 9.17) is 11.6 Å². The van der Waals surface area contributed by atoms with Crippen LogP contribution in [-0.4, -0.2) is 33.2 Å². The number of halogens is 1. The largest absolute Gasteiger partial charge is 0.325 e. The van der Waals surface area contributed by atoms with E-state index in [1.54, 1.807) is 6.07 Å². The minimum absolute atomic E-state index is 0.193. The molecule has 0 saturated heterocycles. The summed E-state index contributed by atoms with van der Waals surface area (Å²) in [5.41, 5.74) is 0.775. The van der Waals surface area contributed by atoms with E-state index in [9.17, 15) is 13.2 Å². The maximum atomic E-state index is 11.6. The summed E-state index contributed by atoms with van der Waals surface area (Å²) in [6, 6.07) is 4.77. The molecule has 8 heteroatoms. The van der Waals surface area contributed by atoms with Crippen LogP contribution in [0.3, 0.4) is 0 Å². The first-order valence-electron chi connectivity index (χ1n) is 5.98. The van der Waals surface area contributed by atoms with Crippen molar-refractivity contribution in [3.8, 4) is 0 Å². The monoisotopic (exact) mass is 319 g/mol. The van der Waals surface area contributed by atoms with Crippen LogP contribution in [0, 0.1) is 0 Å². The third kappa shape index (κ3) is 6.23. The van der Waals surface area contributed by atoms with Crippen molar-refractivity contribution in [2.75, 3.05) is 22.8 Å². The molecule has 0 spiro atoms. The second kappa shape index (κ2) is 6.92. The van der Waals surface area contributed by atoms with Gasteiger partial charge in [-0.15, -0.1) is 0 Å². The number of sulfonamides is 1. The molecule has 0 atom stereocenters. The van der Waals surface area contributed by atoms with E-state index in [2.05, 4.69) is 15.4 Å².